The molecule has 0 radical (unpaired) electrons. The van der Waals surface area contributed by atoms with E-state index < -0.39 is 0 Å². The van der Waals surface area contributed by atoms with Crippen molar-refractivity contribution in [1.29, 1.82) is 0 Å². The van der Waals surface area contributed by atoms with Crippen LogP contribution in [0.4, 0.5) is 0 Å². The van der Waals surface area contributed by atoms with Crippen molar-refractivity contribution < 1.29 is 9.59 Å². The maximum Gasteiger partial charge on any atom is 0.251 e. The Bertz CT molecular complexity index is 438. The molecule has 6 heteroatoms. The first-order valence-electron chi connectivity index (χ1n) is 6.85. The van der Waals surface area contributed by atoms with Crippen molar-refractivity contribution in [2.75, 3.05) is 13.1 Å². The zero-order chi connectivity index (χ0) is 15.0. The molecule has 21 heavy (non-hydrogen) atoms. The minimum atomic E-state index is -0.256. The van der Waals surface area contributed by atoms with Gasteiger partial charge in [-0.2, -0.15) is 0 Å². The second-order valence-electron chi connectivity index (χ2n) is 5.18. The van der Waals surface area contributed by atoms with Gasteiger partial charge in [-0.1, -0.05) is 32.0 Å². The van der Waals surface area contributed by atoms with Crippen LogP contribution in [0.1, 0.15) is 30.6 Å². The van der Waals surface area contributed by atoms with Gasteiger partial charge in [0.15, 0.2) is 0 Å². The number of amides is 2. The van der Waals surface area contributed by atoms with Gasteiger partial charge < -0.3 is 16.4 Å². The van der Waals surface area contributed by atoms with E-state index in [9.17, 15) is 9.59 Å². The van der Waals surface area contributed by atoms with E-state index in [0.717, 1.165) is 6.42 Å². The van der Waals surface area contributed by atoms with Crippen molar-refractivity contribution in [1.82, 2.24) is 10.6 Å². The summed E-state index contributed by atoms with van der Waals surface area (Å²) >= 11 is 0. The highest BCUT2D eigenvalue weighted by Gasteiger charge is 2.13. The molecule has 1 rings (SSSR count). The molecular weight excluding hydrogens is 290 g/mol. The van der Waals surface area contributed by atoms with Crippen molar-refractivity contribution in [3.63, 3.8) is 0 Å². The smallest absolute Gasteiger partial charge is 0.251 e. The number of benzene rings is 1. The fraction of sp³-hybridized carbons (Fsp3) is 0.467. The molecule has 0 saturated carbocycles. The fourth-order valence-electron chi connectivity index (χ4n) is 1.91. The number of nitrogens with one attached hydrogen (secondary N) is 2. The topological polar surface area (TPSA) is 84.2 Å². The molecule has 0 bridgehead atoms. The zero-order valence-corrected chi connectivity index (χ0v) is 13.3. The highest BCUT2D eigenvalue weighted by molar-refractivity contribution is 5.96. The van der Waals surface area contributed by atoms with Gasteiger partial charge in [0.25, 0.3) is 5.91 Å². The van der Waals surface area contributed by atoms with Crippen LogP contribution in [0, 0.1) is 5.92 Å². The molecule has 2 amide bonds. The first-order chi connectivity index (χ1) is 9.52. The molecule has 0 aliphatic rings. The third kappa shape index (κ3) is 7.68. The SMILES string of the molecule is CC(C)CC(CN)NC(=O)CNC(=O)c1ccccc1.Cl. The molecule has 0 aliphatic carbocycles. The second kappa shape index (κ2) is 10.2. The van der Waals surface area contributed by atoms with Crippen molar-refractivity contribution in [2.45, 2.75) is 26.3 Å². The van der Waals surface area contributed by atoms with Gasteiger partial charge in [0.2, 0.25) is 5.91 Å². The third-order valence-corrected chi connectivity index (χ3v) is 2.85. The molecular formula is C15H24ClN3O2. The molecule has 0 saturated heterocycles. The number of nitrogens with two attached hydrogens (primary N) is 1. The Labute approximate surface area is 132 Å². The largest absolute Gasteiger partial charge is 0.351 e. The van der Waals surface area contributed by atoms with Crippen LogP contribution in [0.5, 0.6) is 0 Å². The van der Waals surface area contributed by atoms with Gasteiger partial charge in [-0.3, -0.25) is 9.59 Å². The van der Waals surface area contributed by atoms with Crippen molar-refractivity contribution in [3.05, 3.63) is 35.9 Å². The summed E-state index contributed by atoms with van der Waals surface area (Å²) in [5.41, 5.74) is 6.15. The Morgan fingerprint density at radius 1 is 1.19 bits per heavy atom. The Morgan fingerprint density at radius 3 is 2.33 bits per heavy atom. The maximum absolute atomic E-state index is 11.8. The number of carbonyl (C=O) groups excluding carboxylic acids is 2. The summed E-state index contributed by atoms with van der Waals surface area (Å²) in [6.07, 6.45) is 0.828. The van der Waals surface area contributed by atoms with E-state index in [1.54, 1.807) is 24.3 Å². The molecule has 0 aliphatic heterocycles. The fourth-order valence-corrected chi connectivity index (χ4v) is 1.91. The number of carbonyl (C=O) groups is 2. The maximum atomic E-state index is 11.8. The molecule has 1 atom stereocenters. The predicted molar refractivity (Wildman–Crippen MR) is 86.5 cm³/mol. The van der Waals surface area contributed by atoms with Crippen LogP contribution in [-0.2, 0) is 4.79 Å². The van der Waals surface area contributed by atoms with Crippen molar-refractivity contribution in [3.8, 4) is 0 Å². The van der Waals surface area contributed by atoms with E-state index in [4.69, 9.17) is 5.73 Å². The number of hydrogen-bond acceptors (Lipinski definition) is 3. The van der Waals surface area contributed by atoms with Crippen LogP contribution >= 0.6 is 12.4 Å². The number of rotatable bonds is 7. The Morgan fingerprint density at radius 2 is 1.81 bits per heavy atom. The molecule has 0 aromatic heterocycles. The number of hydrogen-bond donors (Lipinski definition) is 3. The summed E-state index contributed by atoms with van der Waals surface area (Å²) in [4.78, 5) is 23.5. The molecule has 118 valence electrons. The van der Waals surface area contributed by atoms with E-state index in [0.29, 0.717) is 18.0 Å². The van der Waals surface area contributed by atoms with Crippen LogP contribution in [-0.4, -0.2) is 30.9 Å². The van der Waals surface area contributed by atoms with Gasteiger partial charge in [0, 0.05) is 18.2 Å². The quantitative estimate of drug-likeness (QED) is 0.710. The third-order valence-electron chi connectivity index (χ3n) is 2.85. The van der Waals surface area contributed by atoms with Crippen LogP contribution in [0.15, 0.2) is 30.3 Å². The lowest BCUT2D eigenvalue weighted by molar-refractivity contribution is -0.120. The summed E-state index contributed by atoms with van der Waals surface area (Å²) in [6.45, 7) is 4.51. The molecule has 4 N–H and O–H groups in total. The van der Waals surface area contributed by atoms with Gasteiger partial charge in [0.05, 0.1) is 6.54 Å². The number of halogens is 1. The van der Waals surface area contributed by atoms with Gasteiger partial charge in [0.1, 0.15) is 0 Å². The lowest BCUT2D eigenvalue weighted by atomic mass is 10.0. The standard InChI is InChI=1S/C15H23N3O2.ClH/c1-11(2)8-13(9-16)18-14(19)10-17-15(20)12-6-4-3-5-7-12;/h3-7,11,13H,8-10,16H2,1-2H3,(H,17,20)(H,18,19);1H. The summed E-state index contributed by atoms with van der Waals surface area (Å²) in [5.74, 6) is -0.0120. The van der Waals surface area contributed by atoms with E-state index in [-0.39, 0.29) is 36.8 Å². The Kier molecular flexibility index (Phi) is 9.41. The van der Waals surface area contributed by atoms with Crippen LogP contribution in [0.25, 0.3) is 0 Å². The lowest BCUT2D eigenvalue weighted by Crippen LogP contribution is -2.45. The van der Waals surface area contributed by atoms with Gasteiger partial charge in [-0.25, -0.2) is 0 Å². The minimum Gasteiger partial charge on any atom is -0.351 e. The molecule has 0 fully saturated rings. The first-order valence-corrected chi connectivity index (χ1v) is 6.85. The molecule has 0 heterocycles. The van der Waals surface area contributed by atoms with E-state index >= 15 is 0 Å². The van der Waals surface area contributed by atoms with Crippen LogP contribution in [0.3, 0.4) is 0 Å². The predicted octanol–water partition coefficient (Wildman–Crippen LogP) is 1.33. The van der Waals surface area contributed by atoms with E-state index in [1.807, 2.05) is 6.07 Å². The summed E-state index contributed by atoms with van der Waals surface area (Å²) in [6, 6.07) is 8.76. The first kappa shape index (κ1) is 19.4. The van der Waals surface area contributed by atoms with Crippen LogP contribution < -0.4 is 16.4 Å². The van der Waals surface area contributed by atoms with E-state index in [1.165, 1.54) is 0 Å². The summed E-state index contributed by atoms with van der Waals surface area (Å²) in [7, 11) is 0. The summed E-state index contributed by atoms with van der Waals surface area (Å²) < 4.78 is 0. The minimum absolute atomic E-state index is 0. The molecule has 0 spiro atoms. The highest BCUT2D eigenvalue weighted by atomic mass is 35.5. The molecule has 1 aromatic rings. The Balaban J connectivity index is 0.00000400. The Hall–Kier alpha value is -1.59. The average molecular weight is 314 g/mol. The van der Waals surface area contributed by atoms with Gasteiger partial charge in [-0.05, 0) is 24.5 Å². The normalized spacial score (nSPS) is 11.4. The van der Waals surface area contributed by atoms with Gasteiger partial charge in [-0.15, -0.1) is 12.4 Å². The van der Waals surface area contributed by atoms with Crippen LogP contribution in [0.2, 0.25) is 0 Å². The molecule has 1 unspecified atom stereocenters. The monoisotopic (exact) mass is 313 g/mol. The molecule has 5 nitrogen and oxygen atoms in total. The van der Waals surface area contributed by atoms with Crippen molar-refractivity contribution >= 4 is 24.2 Å². The van der Waals surface area contributed by atoms with Crippen molar-refractivity contribution in [2.24, 2.45) is 11.7 Å². The summed E-state index contributed by atoms with van der Waals surface area (Å²) in [5, 5.41) is 5.42. The average Bonchev–Trinajstić information content (AvgIpc) is 2.44. The highest BCUT2D eigenvalue weighted by Crippen LogP contribution is 2.03. The lowest BCUT2D eigenvalue weighted by Gasteiger charge is -2.18. The van der Waals surface area contributed by atoms with E-state index in [2.05, 4.69) is 24.5 Å². The second-order valence-corrected chi connectivity index (χ2v) is 5.18. The zero-order valence-electron chi connectivity index (χ0n) is 12.5. The van der Waals surface area contributed by atoms with Gasteiger partial charge >= 0.3 is 0 Å². The molecule has 1 aromatic carbocycles.